The number of ether oxygens (including phenoxy) is 1. The number of aliphatic hydroxyl groups excluding tert-OH is 1. The van der Waals surface area contributed by atoms with E-state index in [0.717, 1.165) is 5.56 Å². The molecule has 0 aromatic heterocycles. The van der Waals surface area contributed by atoms with Gasteiger partial charge in [-0.15, -0.1) is 0 Å². The van der Waals surface area contributed by atoms with E-state index in [4.69, 9.17) is 4.74 Å². The first-order chi connectivity index (χ1) is 9.28. The normalized spacial score (nSPS) is 14.8. The number of carbonyl (C=O) groups is 1. The SMILES string of the molecule is C[C@H](OCc1ccccc1)[C@@H](O)CC(=O)SC(C)(C)C. The third-order valence-corrected chi connectivity index (χ3v) is 3.70. The zero-order valence-corrected chi connectivity index (χ0v) is 13.4. The molecule has 0 radical (unpaired) electrons. The molecular formula is C16H24O3S. The molecule has 1 aromatic carbocycles. The number of aliphatic hydroxyl groups is 1. The molecule has 0 fully saturated rings. The van der Waals surface area contributed by atoms with E-state index in [1.165, 1.54) is 11.8 Å². The van der Waals surface area contributed by atoms with Crippen molar-refractivity contribution in [3.63, 3.8) is 0 Å². The van der Waals surface area contributed by atoms with E-state index >= 15 is 0 Å². The molecule has 1 N–H and O–H groups in total. The second-order valence-corrected chi connectivity index (χ2v) is 7.74. The van der Waals surface area contributed by atoms with Gasteiger partial charge in [0.1, 0.15) is 0 Å². The van der Waals surface area contributed by atoms with Crippen molar-refractivity contribution in [2.24, 2.45) is 0 Å². The summed E-state index contributed by atoms with van der Waals surface area (Å²) >= 11 is 1.26. The van der Waals surface area contributed by atoms with Gasteiger partial charge in [-0.1, -0.05) is 62.9 Å². The first-order valence-corrected chi connectivity index (χ1v) is 7.65. The third kappa shape index (κ3) is 7.08. The highest BCUT2D eigenvalue weighted by Crippen LogP contribution is 2.26. The molecule has 112 valence electrons. The van der Waals surface area contributed by atoms with Crippen molar-refractivity contribution < 1.29 is 14.6 Å². The number of carbonyl (C=O) groups excluding carboxylic acids is 1. The Bertz CT molecular complexity index is 411. The minimum absolute atomic E-state index is 0.000149. The van der Waals surface area contributed by atoms with Crippen LogP contribution in [0.5, 0.6) is 0 Å². The Morgan fingerprint density at radius 1 is 1.30 bits per heavy atom. The summed E-state index contributed by atoms with van der Waals surface area (Å²) in [5, 5.41) is 10.0. The predicted molar refractivity (Wildman–Crippen MR) is 83.7 cm³/mol. The highest BCUT2D eigenvalue weighted by Gasteiger charge is 2.23. The lowest BCUT2D eigenvalue weighted by Gasteiger charge is -2.21. The number of hydrogen-bond acceptors (Lipinski definition) is 4. The van der Waals surface area contributed by atoms with Gasteiger partial charge < -0.3 is 9.84 Å². The van der Waals surface area contributed by atoms with Crippen molar-refractivity contribution in [1.82, 2.24) is 0 Å². The Hall–Kier alpha value is -0.840. The summed E-state index contributed by atoms with van der Waals surface area (Å²) in [5.74, 6) is 0. The molecule has 4 heteroatoms. The van der Waals surface area contributed by atoms with Gasteiger partial charge in [0.15, 0.2) is 5.12 Å². The highest BCUT2D eigenvalue weighted by atomic mass is 32.2. The van der Waals surface area contributed by atoms with E-state index < -0.39 is 6.10 Å². The van der Waals surface area contributed by atoms with Crippen LogP contribution in [-0.2, 0) is 16.1 Å². The Balaban J connectivity index is 2.35. The fourth-order valence-electron chi connectivity index (χ4n) is 1.63. The summed E-state index contributed by atoms with van der Waals surface area (Å²) in [4.78, 5) is 11.8. The maximum atomic E-state index is 11.8. The lowest BCUT2D eigenvalue weighted by atomic mass is 10.1. The van der Waals surface area contributed by atoms with Crippen LogP contribution in [0.4, 0.5) is 0 Å². The van der Waals surface area contributed by atoms with Crippen molar-refractivity contribution in [2.75, 3.05) is 0 Å². The average molecular weight is 296 g/mol. The van der Waals surface area contributed by atoms with Gasteiger partial charge in [-0.3, -0.25) is 4.79 Å². The third-order valence-electron chi connectivity index (χ3n) is 2.69. The second-order valence-electron chi connectivity index (χ2n) is 5.86. The number of rotatable bonds is 6. The molecule has 0 aliphatic carbocycles. The molecule has 0 spiro atoms. The Morgan fingerprint density at radius 3 is 2.45 bits per heavy atom. The van der Waals surface area contributed by atoms with E-state index in [1.807, 2.05) is 51.1 Å². The first kappa shape index (κ1) is 17.2. The monoisotopic (exact) mass is 296 g/mol. The molecule has 0 aliphatic heterocycles. The zero-order chi connectivity index (χ0) is 15.2. The number of thioether (sulfide) groups is 1. The highest BCUT2D eigenvalue weighted by molar-refractivity contribution is 8.14. The molecule has 0 saturated heterocycles. The van der Waals surface area contributed by atoms with Gasteiger partial charge in [0.2, 0.25) is 0 Å². The molecule has 0 bridgehead atoms. The molecular weight excluding hydrogens is 272 g/mol. The Kier molecular flexibility index (Phi) is 6.72. The van der Waals surface area contributed by atoms with Crippen molar-refractivity contribution in [3.8, 4) is 0 Å². The second kappa shape index (κ2) is 7.81. The number of hydrogen-bond donors (Lipinski definition) is 1. The molecule has 0 aliphatic rings. The maximum Gasteiger partial charge on any atom is 0.192 e. The average Bonchev–Trinajstić information content (AvgIpc) is 2.34. The summed E-state index contributed by atoms with van der Waals surface area (Å²) in [6.45, 7) is 8.19. The molecule has 0 amide bonds. The van der Waals surface area contributed by atoms with Gasteiger partial charge in [0.25, 0.3) is 0 Å². The van der Waals surface area contributed by atoms with Crippen LogP contribution < -0.4 is 0 Å². The quantitative estimate of drug-likeness (QED) is 0.874. The predicted octanol–water partition coefficient (Wildman–Crippen LogP) is 3.40. The van der Waals surface area contributed by atoms with Crippen molar-refractivity contribution in [3.05, 3.63) is 35.9 Å². The molecule has 0 unspecified atom stereocenters. The van der Waals surface area contributed by atoms with Gasteiger partial charge in [-0.2, -0.15) is 0 Å². The summed E-state index contributed by atoms with van der Waals surface area (Å²) in [6.07, 6.45) is -1.00. The lowest BCUT2D eigenvalue weighted by Crippen LogP contribution is -2.28. The lowest BCUT2D eigenvalue weighted by molar-refractivity contribution is -0.115. The minimum atomic E-state index is -0.763. The summed E-state index contributed by atoms with van der Waals surface area (Å²) in [5.41, 5.74) is 1.06. The van der Waals surface area contributed by atoms with Crippen LogP contribution >= 0.6 is 11.8 Å². The van der Waals surface area contributed by atoms with Crippen LogP contribution in [-0.4, -0.2) is 27.2 Å². The van der Waals surface area contributed by atoms with E-state index in [0.29, 0.717) is 6.61 Å². The maximum absolute atomic E-state index is 11.8. The Labute approximate surface area is 125 Å². The first-order valence-electron chi connectivity index (χ1n) is 6.83. The summed E-state index contributed by atoms with van der Waals surface area (Å²) in [6, 6.07) is 9.79. The topological polar surface area (TPSA) is 46.5 Å². The molecule has 0 heterocycles. The van der Waals surface area contributed by atoms with Crippen LogP contribution in [0.15, 0.2) is 30.3 Å². The Morgan fingerprint density at radius 2 is 1.90 bits per heavy atom. The fraction of sp³-hybridized carbons (Fsp3) is 0.562. The fourth-order valence-corrected chi connectivity index (χ4v) is 2.57. The van der Waals surface area contributed by atoms with Gasteiger partial charge >= 0.3 is 0 Å². The molecule has 20 heavy (non-hydrogen) atoms. The van der Waals surface area contributed by atoms with Crippen LogP contribution in [0.1, 0.15) is 39.7 Å². The van der Waals surface area contributed by atoms with Gasteiger partial charge in [-0.25, -0.2) is 0 Å². The van der Waals surface area contributed by atoms with Crippen LogP contribution in [0.3, 0.4) is 0 Å². The van der Waals surface area contributed by atoms with Gasteiger partial charge in [-0.05, 0) is 12.5 Å². The number of benzene rings is 1. The van der Waals surface area contributed by atoms with E-state index in [2.05, 4.69) is 0 Å². The van der Waals surface area contributed by atoms with Crippen molar-refractivity contribution >= 4 is 16.9 Å². The minimum Gasteiger partial charge on any atom is -0.390 e. The van der Waals surface area contributed by atoms with E-state index in [-0.39, 0.29) is 22.4 Å². The molecule has 3 nitrogen and oxygen atoms in total. The molecule has 2 atom stereocenters. The molecule has 0 saturated carbocycles. The van der Waals surface area contributed by atoms with Crippen molar-refractivity contribution in [1.29, 1.82) is 0 Å². The standard InChI is InChI=1S/C16H24O3S/c1-12(19-11-13-8-6-5-7-9-13)14(17)10-15(18)20-16(2,3)4/h5-9,12,14,17H,10-11H2,1-4H3/t12-,14-/m0/s1. The van der Waals surface area contributed by atoms with Crippen molar-refractivity contribution in [2.45, 2.75) is 57.7 Å². The molecule has 1 rings (SSSR count). The van der Waals surface area contributed by atoms with Crippen LogP contribution in [0, 0.1) is 0 Å². The smallest absolute Gasteiger partial charge is 0.192 e. The van der Waals surface area contributed by atoms with Gasteiger partial charge in [0.05, 0.1) is 18.8 Å². The molecule has 1 aromatic rings. The van der Waals surface area contributed by atoms with E-state index in [9.17, 15) is 9.90 Å². The van der Waals surface area contributed by atoms with Gasteiger partial charge in [0, 0.05) is 11.2 Å². The van der Waals surface area contributed by atoms with E-state index in [1.54, 1.807) is 6.92 Å². The summed E-state index contributed by atoms with van der Waals surface area (Å²) < 4.78 is 5.49. The van der Waals surface area contributed by atoms with Crippen LogP contribution in [0.2, 0.25) is 0 Å². The largest absolute Gasteiger partial charge is 0.390 e. The zero-order valence-electron chi connectivity index (χ0n) is 12.6. The van der Waals surface area contributed by atoms with Crippen LogP contribution in [0.25, 0.3) is 0 Å². The summed E-state index contributed by atoms with van der Waals surface area (Å²) in [7, 11) is 0.